The minimum Gasteiger partial charge on any atom is -0.338 e. The van der Waals surface area contributed by atoms with Crippen molar-refractivity contribution in [1.82, 2.24) is 4.90 Å². The van der Waals surface area contributed by atoms with Gasteiger partial charge in [-0.1, -0.05) is 52.7 Å². The van der Waals surface area contributed by atoms with Crippen LogP contribution in [0.3, 0.4) is 0 Å². The van der Waals surface area contributed by atoms with E-state index >= 15 is 0 Å². The molecule has 0 spiro atoms. The lowest BCUT2D eigenvalue weighted by molar-refractivity contribution is -0.128. The molecule has 0 atom stereocenters. The lowest BCUT2D eigenvalue weighted by Gasteiger charge is -2.21. The molecule has 0 radical (unpaired) electrons. The van der Waals surface area contributed by atoms with Gasteiger partial charge in [0, 0.05) is 13.1 Å². The minimum absolute atomic E-state index is 0.155. The number of halogens is 1. The van der Waals surface area contributed by atoms with E-state index in [1.165, 1.54) is 11.1 Å². The molecule has 0 unspecified atom stereocenters. The van der Waals surface area contributed by atoms with E-state index in [-0.39, 0.29) is 5.91 Å². The number of rotatable bonds is 5. The van der Waals surface area contributed by atoms with Crippen LogP contribution in [0.5, 0.6) is 0 Å². The van der Waals surface area contributed by atoms with Crippen molar-refractivity contribution in [3.05, 3.63) is 35.4 Å². The molecule has 1 amide bonds. The molecule has 1 aromatic rings. The lowest BCUT2D eigenvalue weighted by Crippen LogP contribution is -2.32. The number of amides is 1. The first kappa shape index (κ1) is 13.2. The number of alkyl halides is 1. The first-order valence-corrected chi connectivity index (χ1v) is 6.68. The Balaban J connectivity index is 2.67. The summed E-state index contributed by atoms with van der Waals surface area (Å²) < 4.78 is 0. The lowest BCUT2D eigenvalue weighted by atomic mass is 10.1. The third-order valence-corrected chi connectivity index (χ3v) is 2.93. The maximum atomic E-state index is 11.7. The molecule has 0 saturated carbocycles. The molecule has 3 heteroatoms. The van der Waals surface area contributed by atoms with Gasteiger partial charge in [-0.2, -0.15) is 0 Å². The summed E-state index contributed by atoms with van der Waals surface area (Å²) in [7, 11) is 0. The fourth-order valence-corrected chi connectivity index (χ4v) is 1.91. The molecular formula is C13H18BrNO. The number of carbonyl (C=O) groups excluding carboxylic acids is 1. The normalized spacial score (nSPS) is 10.2. The van der Waals surface area contributed by atoms with Gasteiger partial charge in [0.05, 0.1) is 5.33 Å². The highest BCUT2D eigenvalue weighted by Gasteiger charge is 2.11. The summed E-state index contributed by atoms with van der Waals surface area (Å²) in [5, 5.41) is 0.402. The molecule has 0 aliphatic rings. The van der Waals surface area contributed by atoms with Crippen molar-refractivity contribution in [2.75, 3.05) is 11.9 Å². The highest BCUT2D eigenvalue weighted by atomic mass is 79.9. The van der Waals surface area contributed by atoms with Crippen molar-refractivity contribution < 1.29 is 4.79 Å². The Morgan fingerprint density at radius 1 is 1.31 bits per heavy atom. The fourth-order valence-electron chi connectivity index (χ4n) is 1.56. The van der Waals surface area contributed by atoms with Gasteiger partial charge < -0.3 is 4.90 Å². The second-order valence-electron chi connectivity index (χ2n) is 3.93. The summed E-state index contributed by atoms with van der Waals surface area (Å²) in [5.74, 6) is 0.155. The zero-order valence-electron chi connectivity index (χ0n) is 9.87. The van der Waals surface area contributed by atoms with Crippen molar-refractivity contribution in [2.45, 2.75) is 26.8 Å². The standard InChI is InChI=1S/C13H18BrNO/c1-3-8-15(13(16)9-14)10-12-6-4-11(2)5-7-12/h4-7H,3,8-10H2,1-2H3. The van der Waals surface area contributed by atoms with Crippen LogP contribution in [-0.2, 0) is 11.3 Å². The van der Waals surface area contributed by atoms with Gasteiger partial charge in [-0.05, 0) is 18.9 Å². The van der Waals surface area contributed by atoms with Crippen molar-refractivity contribution >= 4 is 21.8 Å². The summed E-state index contributed by atoms with van der Waals surface area (Å²) in [6, 6.07) is 8.33. The molecule has 2 nitrogen and oxygen atoms in total. The van der Waals surface area contributed by atoms with Crippen LogP contribution >= 0.6 is 15.9 Å². The maximum Gasteiger partial charge on any atom is 0.233 e. The van der Waals surface area contributed by atoms with Gasteiger partial charge in [0.15, 0.2) is 0 Å². The Morgan fingerprint density at radius 3 is 2.44 bits per heavy atom. The Bertz CT molecular complexity index is 334. The van der Waals surface area contributed by atoms with E-state index in [4.69, 9.17) is 0 Å². The van der Waals surface area contributed by atoms with E-state index in [0.717, 1.165) is 13.0 Å². The molecule has 0 aliphatic carbocycles. The van der Waals surface area contributed by atoms with E-state index in [1.807, 2.05) is 4.90 Å². The van der Waals surface area contributed by atoms with Crippen molar-refractivity contribution in [3.63, 3.8) is 0 Å². The fraction of sp³-hybridized carbons (Fsp3) is 0.462. The molecular weight excluding hydrogens is 266 g/mol. The van der Waals surface area contributed by atoms with Crippen LogP contribution in [-0.4, -0.2) is 22.7 Å². The minimum atomic E-state index is 0.155. The van der Waals surface area contributed by atoms with Crippen molar-refractivity contribution in [1.29, 1.82) is 0 Å². The summed E-state index contributed by atoms with van der Waals surface area (Å²) in [5.41, 5.74) is 2.44. The highest BCUT2D eigenvalue weighted by molar-refractivity contribution is 9.09. The molecule has 88 valence electrons. The molecule has 0 N–H and O–H groups in total. The topological polar surface area (TPSA) is 20.3 Å². The van der Waals surface area contributed by atoms with E-state index in [1.54, 1.807) is 0 Å². The maximum absolute atomic E-state index is 11.7. The zero-order chi connectivity index (χ0) is 12.0. The van der Waals surface area contributed by atoms with Gasteiger partial charge in [-0.3, -0.25) is 4.79 Å². The number of nitrogens with zero attached hydrogens (tertiary/aromatic N) is 1. The monoisotopic (exact) mass is 283 g/mol. The van der Waals surface area contributed by atoms with Crippen LogP contribution in [0.4, 0.5) is 0 Å². The SMILES string of the molecule is CCCN(Cc1ccc(C)cc1)C(=O)CBr. The second kappa shape index (κ2) is 6.69. The summed E-state index contributed by atoms with van der Waals surface area (Å²) in [6.07, 6.45) is 0.991. The van der Waals surface area contributed by atoms with Crippen LogP contribution in [0.2, 0.25) is 0 Å². The van der Waals surface area contributed by atoms with Gasteiger partial charge in [-0.15, -0.1) is 0 Å². The molecule has 0 aliphatic heterocycles. The zero-order valence-corrected chi connectivity index (χ0v) is 11.5. The van der Waals surface area contributed by atoms with Crippen LogP contribution in [0.15, 0.2) is 24.3 Å². The van der Waals surface area contributed by atoms with Gasteiger partial charge >= 0.3 is 0 Å². The predicted octanol–water partition coefficient (Wildman–Crippen LogP) is 3.13. The van der Waals surface area contributed by atoms with Gasteiger partial charge in [0.25, 0.3) is 0 Å². The molecule has 0 aromatic heterocycles. The smallest absolute Gasteiger partial charge is 0.233 e. The molecule has 0 bridgehead atoms. The average Bonchev–Trinajstić information content (AvgIpc) is 2.30. The third-order valence-electron chi connectivity index (χ3n) is 2.45. The summed E-state index contributed by atoms with van der Waals surface area (Å²) >= 11 is 3.22. The molecule has 1 aromatic carbocycles. The molecule has 0 saturated heterocycles. The van der Waals surface area contributed by atoms with Gasteiger partial charge in [0.2, 0.25) is 5.91 Å². The van der Waals surface area contributed by atoms with E-state index in [0.29, 0.717) is 11.9 Å². The van der Waals surface area contributed by atoms with Crippen molar-refractivity contribution in [3.8, 4) is 0 Å². The van der Waals surface area contributed by atoms with Crippen LogP contribution in [0.25, 0.3) is 0 Å². The van der Waals surface area contributed by atoms with Crippen LogP contribution in [0, 0.1) is 6.92 Å². The Morgan fingerprint density at radius 2 is 1.94 bits per heavy atom. The Labute approximate surface area is 106 Å². The van der Waals surface area contributed by atoms with Gasteiger partial charge in [-0.25, -0.2) is 0 Å². The molecule has 16 heavy (non-hydrogen) atoms. The number of aryl methyl sites for hydroxylation is 1. The van der Waals surface area contributed by atoms with Crippen molar-refractivity contribution in [2.24, 2.45) is 0 Å². The summed E-state index contributed by atoms with van der Waals surface area (Å²) in [6.45, 7) is 5.68. The Hall–Kier alpha value is -0.830. The summed E-state index contributed by atoms with van der Waals surface area (Å²) in [4.78, 5) is 13.5. The second-order valence-corrected chi connectivity index (χ2v) is 4.50. The molecule has 0 heterocycles. The largest absolute Gasteiger partial charge is 0.338 e. The van der Waals surface area contributed by atoms with E-state index < -0.39 is 0 Å². The Kier molecular flexibility index (Phi) is 5.53. The highest BCUT2D eigenvalue weighted by Crippen LogP contribution is 2.08. The quantitative estimate of drug-likeness (QED) is 0.761. The number of hydrogen-bond donors (Lipinski definition) is 0. The number of carbonyl (C=O) groups is 1. The number of benzene rings is 1. The molecule has 0 fully saturated rings. The van der Waals surface area contributed by atoms with Gasteiger partial charge in [0.1, 0.15) is 0 Å². The van der Waals surface area contributed by atoms with Crippen LogP contribution < -0.4 is 0 Å². The predicted molar refractivity (Wildman–Crippen MR) is 70.7 cm³/mol. The van der Waals surface area contributed by atoms with Crippen LogP contribution in [0.1, 0.15) is 24.5 Å². The third kappa shape index (κ3) is 3.97. The first-order chi connectivity index (χ1) is 7.67. The van der Waals surface area contributed by atoms with E-state index in [9.17, 15) is 4.79 Å². The molecule has 1 rings (SSSR count). The van der Waals surface area contributed by atoms with E-state index in [2.05, 4.69) is 54.0 Å². The first-order valence-electron chi connectivity index (χ1n) is 5.56. The average molecular weight is 284 g/mol. The number of hydrogen-bond acceptors (Lipinski definition) is 1.